The van der Waals surface area contributed by atoms with E-state index in [4.69, 9.17) is 8.85 Å². The van der Waals surface area contributed by atoms with Crippen LogP contribution >= 0.6 is 0 Å². The number of hydrogen-bond acceptors (Lipinski definition) is 2. The summed E-state index contributed by atoms with van der Waals surface area (Å²) in [7, 11) is -1.84. The minimum absolute atomic E-state index is 0.792. The smallest absolute Gasteiger partial charge is 0.335 e. The second-order valence-corrected chi connectivity index (χ2v) is 7.77. The van der Waals surface area contributed by atoms with Crippen LogP contribution in [0.5, 0.6) is 0 Å². The van der Waals surface area contributed by atoms with E-state index in [1.807, 2.05) is 0 Å². The fraction of sp³-hybridized carbons (Fsp3) is 1.00. The molecule has 0 aromatic heterocycles. The summed E-state index contributed by atoms with van der Waals surface area (Å²) in [6, 6.07) is 1.17. The Morgan fingerprint density at radius 1 is 1.21 bits per heavy atom. The summed E-state index contributed by atoms with van der Waals surface area (Å²) >= 11 is 0. The summed E-state index contributed by atoms with van der Waals surface area (Å²) in [6.45, 7) is 10.3. The highest BCUT2D eigenvalue weighted by atomic mass is 28.4. The first kappa shape index (κ1) is 12.2. The van der Waals surface area contributed by atoms with Crippen molar-refractivity contribution < 1.29 is 8.85 Å². The van der Waals surface area contributed by atoms with E-state index in [-0.39, 0.29) is 0 Å². The first-order valence-corrected chi connectivity index (χ1v) is 8.41. The van der Waals surface area contributed by atoms with Crippen molar-refractivity contribution in [1.29, 1.82) is 0 Å². The van der Waals surface area contributed by atoms with Crippen molar-refractivity contribution in [3.05, 3.63) is 0 Å². The Kier molecular flexibility index (Phi) is 4.61. The van der Waals surface area contributed by atoms with Crippen LogP contribution < -0.4 is 0 Å². The zero-order valence-electron chi connectivity index (χ0n) is 10.0. The first-order valence-electron chi connectivity index (χ1n) is 5.89. The molecule has 0 spiro atoms. The zero-order valence-corrected chi connectivity index (χ0v) is 11.0. The Labute approximate surface area is 89.2 Å². The molecule has 0 radical (unpaired) electrons. The minimum Gasteiger partial charge on any atom is -0.395 e. The highest BCUT2D eigenvalue weighted by Crippen LogP contribution is 2.40. The SMILES string of the molecule is CCO[Si](C)(CC(C)C1CC1)OCC. The quantitative estimate of drug-likeness (QED) is 0.609. The Hall–Kier alpha value is 0.137. The van der Waals surface area contributed by atoms with Gasteiger partial charge in [0.15, 0.2) is 0 Å². The van der Waals surface area contributed by atoms with Gasteiger partial charge in [0.05, 0.1) is 0 Å². The standard InChI is InChI=1S/C11H24O2Si/c1-5-12-14(4,13-6-2)9-10(3)11-7-8-11/h10-11H,5-9H2,1-4H3. The molecule has 0 aromatic carbocycles. The van der Waals surface area contributed by atoms with Gasteiger partial charge >= 0.3 is 8.56 Å². The van der Waals surface area contributed by atoms with Crippen LogP contribution in [-0.4, -0.2) is 21.8 Å². The van der Waals surface area contributed by atoms with E-state index < -0.39 is 8.56 Å². The molecule has 0 amide bonds. The third kappa shape index (κ3) is 3.71. The highest BCUT2D eigenvalue weighted by Gasteiger charge is 2.38. The van der Waals surface area contributed by atoms with Gasteiger partial charge in [0, 0.05) is 13.2 Å². The summed E-state index contributed by atoms with van der Waals surface area (Å²) in [5, 5.41) is 0. The monoisotopic (exact) mass is 216 g/mol. The summed E-state index contributed by atoms with van der Waals surface area (Å²) in [6.07, 6.45) is 2.84. The maximum absolute atomic E-state index is 5.84. The third-order valence-electron chi connectivity index (χ3n) is 3.02. The van der Waals surface area contributed by atoms with Crippen LogP contribution in [0.15, 0.2) is 0 Å². The molecular formula is C11H24O2Si. The lowest BCUT2D eigenvalue weighted by atomic mass is 10.1. The highest BCUT2D eigenvalue weighted by molar-refractivity contribution is 6.66. The molecule has 14 heavy (non-hydrogen) atoms. The average Bonchev–Trinajstić information content (AvgIpc) is 2.85. The lowest BCUT2D eigenvalue weighted by molar-refractivity contribution is 0.183. The van der Waals surface area contributed by atoms with Crippen molar-refractivity contribution in [3.63, 3.8) is 0 Å². The molecule has 0 heterocycles. The molecule has 0 saturated heterocycles. The second kappa shape index (κ2) is 5.28. The van der Waals surface area contributed by atoms with Gasteiger partial charge in [0.1, 0.15) is 0 Å². The topological polar surface area (TPSA) is 18.5 Å². The normalized spacial score (nSPS) is 19.7. The van der Waals surface area contributed by atoms with Crippen LogP contribution in [0.3, 0.4) is 0 Å². The van der Waals surface area contributed by atoms with Gasteiger partial charge in [-0.3, -0.25) is 0 Å². The Morgan fingerprint density at radius 2 is 1.71 bits per heavy atom. The minimum atomic E-state index is -1.84. The lowest BCUT2D eigenvalue weighted by Gasteiger charge is -2.28. The van der Waals surface area contributed by atoms with E-state index in [9.17, 15) is 0 Å². The van der Waals surface area contributed by atoms with Crippen molar-refractivity contribution in [3.8, 4) is 0 Å². The number of rotatable bonds is 7. The van der Waals surface area contributed by atoms with Crippen LogP contribution in [0.4, 0.5) is 0 Å². The second-order valence-electron chi connectivity index (χ2n) is 4.52. The molecular weight excluding hydrogens is 192 g/mol. The maximum atomic E-state index is 5.84. The molecule has 1 unspecified atom stereocenters. The molecule has 0 aliphatic heterocycles. The van der Waals surface area contributed by atoms with Crippen LogP contribution in [0.2, 0.25) is 12.6 Å². The largest absolute Gasteiger partial charge is 0.395 e. The van der Waals surface area contributed by atoms with E-state index >= 15 is 0 Å². The van der Waals surface area contributed by atoms with E-state index in [0.717, 1.165) is 25.0 Å². The summed E-state index contributed by atoms with van der Waals surface area (Å²) in [4.78, 5) is 0. The van der Waals surface area contributed by atoms with Gasteiger partial charge in [-0.25, -0.2) is 0 Å². The van der Waals surface area contributed by atoms with E-state index in [1.165, 1.54) is 18.9 Å². The molecule has 1 saturated carbocycles. The molecule has 0 N–H and O–H groups in total. The fourth-order valence-electron chi connectivity index (χ4n) is 2.19. The van der Waals surface area contributed by atoms with E-state index in [1.54, 1.807) is 0 Å². The number of hydrogen-bond donors (Lipinski definition) is 0. The van der Waals surface area contributed by atoms with Crippen molar-refractivity contribution in [2.24, 2.45) is 11.8 Å². The van der Waals surface area contributed by atoms with Crippen LogP contribution in [0, 0.1) is 11.8 Å². The molecule has 0 aromatic rings. The van der Waals surface area contributed by atoms with Gasteiger partial charge < -0.3 is 8.85 Å². The molecule has 1 aliphatic rings. The molecule has 1 aliphatic carbocycles. The van der Waals surface area contributed by atoms with Gasteiger partial charge in [-0.15, -0.1) is 0 Å². The molecule has 1 fully saturated rings. The first-order chi connectivity index (χ1) is 6.61. The van der Waals surface area contributed by atoms with Gasteiger partial charge in [-0.1, -0.05) is 6.92 Å². The fourth-order valence-corrected chi connectivity index (χ4v) is 5.23. The third-order valence-corrected chi connectivity index (χ3v) is 6.20. The molecule has 1 atom stereocenters. The average molecular weight is 216 g/mol. The lowest BCUT2D eigenvalue weighted by Crippen LogP contribution is -2.40. The van der Waals surface area contributed by atoms with Gasteiger partial charge in [-0.05, 0) is 51.1 Å². The van der Waals surface area contributed by atoms with Gasteiger partial charge in [0.25, 0.3) is 0 Å². The summed E-state index contributed by atoms with van der Waals surface area (Å²) in [5.74, 6) is 1.76. The maximum Gasteiger partial charge on any atom is 0.335 e. The molecule has 84 valence electrons. The Morgan fingerprint density at radius 3 is 2.07 bits per heavy atom. The van der Waals surface area contributed by atoms with Crippen LogP contribution in [-0.2, 0) is 8.85 Å². The predicted octanol–water partition coefficient (Wildman–Crippen LogP) is 3.18. The molecule has 0 bridgehead atoms. The summed E-state index contributed by atoms with van der Waals surface area (Å²) in [5.41, 5.74) is 0. The molecule has 3 heteroatoms. The Balaban J connectivity index is 2.39. The van der Waals surface area contributed by atoms with Crippen molar-refractivity contribution in [2.75, 3.05) is 13.2 Å². The summed E-state index contributed by atoms with van der Waals surface area (Å²) < 4.78 is 11.7. The van der Waals surface area contributed by atoms with Crippen molar-refractivity contribution in [1.82, 2.24) is 0 Å². The van der Waals surface area contributed by atoms with Crippen LogP contribution in [0.25, 0.3) is 0 Å². The van der Waals surface area contributed by atoms with Crippen LogP contribution in [0.1, 0.15) is 33.6 Å². The Bertz CT molecular complexity index is 163. The van der Waals surface area contributed by atoms with Crippen molar-refractivity contribution in [2.45, 2.75) is 46.2 Å². The molecule has 1 rings (SSSR count). The van der Waals surface area contributed by atoms with Crippen molar-refractivity contribution >= 4 is 8.56 Å². The zero-order chi connectivity index (χ0) is 10.6. The van der Waals surface area contributed by atoms with Gasteiger partial charge in [-0.2, -0.15) is 0 Å². The molecule has 2 nitrogen and oxygen atoms in total. The van der Waals surface area contributed by atoms with E-state index in [0.29, 0.717) is 0 Å². The predicted molar refractivity (Wildman–Crippen MR) is 61.6 cm³/mol. The van der Waals surface area contributed by atoms with E-state index in [2.05, 4.69) is 27.3 Å². The van der Waals surface area contributed by atoms with Gasteiger partial charge in [0.2, 0.25) is 0 Å².